The van der Waals surface area contributed by atoms with Gasteiger partial charge in [0.15, 0.2) is 0 Å². The number of amides is 2. The third-order valence-electron chi connectivity index (χ3n) is 4.90. The highest BCUT2D eigenvalue weighted by Gasteiger charge is 2.30. The average Bonchev–Trinajstić information content (AvgIpc) is 3.11. The van der Waals surface area contributed by atoms with Crippen LogP contribution in [0.25, 0.3) is 10.9 Å². The summed E-state index contributed by atoms with van der Waals surface area (Å²) in [5.41, 5.74) is 4.14. The average molecular weight is 331 g/mol. The van der Waals surface area contributed by atoms with Gasteiger partial charge in [0.2, 0.25) is 0 Å². The highest BCUT2D eigenvalue weighted by molar-refractivity contribution is 5.92. The van der Waals surface area contributed by atoms with Gasteiger partial charge >= 0.3 is 6.03 Å². The molecule has 1 N–H and O–H groups in total. The standard InChI is InChI=1S/C21H21N3O/c1-15-7-2-4-9-18(15)20-11-6-12-24(20)21(25)23-17-13-16-8-3-5-10-19(16)22-14-17/h2-5,7-10,13-14,20H,6,11-12H2,1H3,(H,23,25). The Labute approximate surface area is 147 Å². The van der Waals surface area contributed by atoms with E-state index in [1.807, 2.05) is 47.4 Å². The van der Waals surface area contributed by atoms with E-state index in [-0.39, 0.29) is 12.1 Å². The Morgan fingerprint density at radius 3 is 2.84 bits per heavy atom. The third kappa shape index (κ3) is 3.07. The van der Waals surface area contributed by atoms with Gasteiger partial charge in [0, 0.05) is 11.9 Å². The number of hydrogen-bond acceptors (Lipinski definition) is 2. The van der Waals surface area contributed by atoms with E-state index in [1.54, 1.807) is 6.20 Å². The van der Waals surface area contributed by atoms with Gasteiger partial charge < -0.3 is 10.2 Å². The Balaban J connectivity index is 1.56. The molecule has 2 aromatic carbocycles. The molecule has 2 amide bonds. The number of carbonyl (C=O) groups excluding carboxylic acids is 1. The number of nitrogens with zero attached hydrogens (tertiary/aromatic N) is 2. The molecule has 1 aliphatic heterocycles. The molecule has 0 radical (unpaired) electrons. The summed E-state index contributed by atoms with van der Waals surface area (Å²) in [7, 11) is 0. The van der Waals surface area contributed by atoms with E-state index < -0.39 is 0 Å². The first kappa shape index (κ1) is 15.6. The fourth-order valence-electron chi connectivity index (χ4n) is 3.63. The number of aryl methyl sites for hydroxylation is 1. The van der Waals surface area contributed by atoms with E-state index in [0.29, 0.717) is 0 Å². The van der Waals surface area contributed by atoms with Crippen LogP contribution in [0.15, 0.2) is 60.8 Å². The number of pyridine rings is 1. The number of anilines is 1. The Morgan fingerprint density at radius 1 is 1.16 bits per heavy atom. The van der Waals surface area contributed by atoms with Gasteiger partial charge in [-0.25, -0.2) is 4.79 Å². The molecule has 126 valence electrons. The van der Waals surface area contributed by atoms with Crippen LogP contribution in [0.5, 0.6) is 0 Å². The van der Waals surface area contributed by atoms with Crippen molar-refractivity contribution in [3.05, 3.63) is 71.9 Å². The quantitative estimate of drug-likeness (QED) is 0.725. The minimum Gasteiger partial charge on any atom is -0.317 e. The van der Waals surface area contributed by atoms with E-state index in [0.717, 1.165) is 36.0 Å². The Morgan fingerprint density at radius 2 is 1.96 bits per heavy atom. The first-order chi connectivity index (χ1) is 12.2. The predicted octanol–water partition coefficient (Wildman–Crippen LogP) is 4.91. The number of rotatable bonds is 2. The normalized spacial score (nSPS) is 17.0. The topological polar surface area (TPSA) is 45.2 Å². The fourth-order valence-corrected chi connectivity index (χ4v) is 3.63. The number of aromatic nitrogens is 1. The monoisotopic (exact) mass is 331 g/mol. The van der Waals surface area contributed by atoms with Crippen molar-refractivity contribution in [2.75, 3.05) is 11.9 Å². The highest BCUT2D eigenvalue weighted by atomic mass is 16.2. The van der Waals surface area contributed by atoms with Crippen LogP contribution in [0.3, 0.4) is 0 Å². The summed E-state index contributed by atoms with van der Waals surface area (Å²) in [6.07, 6.45) is 3.76. The second-order valence-corrected chi connectivity index (χ2v) is 6.55. The molecular formula is C21H21N3O. The van der Waals surface area contributed by atoms with Gasteiger partial charge in [0.05, 0.1) is 23.4 Å². The minimum atomic E-state index is -0.0529. The molecular weight excluding hydrogens is 310 g/mol. The van der Waals surface area contributed by atoms with E-state index in [2.05, 4.69) is 29.4 Å². The van der Waals surface area contributed by atoms with E-state index in [1.165, 1.54) is 11.1 Å². The van der Waals surface area contributed by atoms with Crippen LogP contribution in [0.1, 0.15) is 30.0 Å². The molecule has 1 atom stereocenters. The molecule has 1 aromatic heterocycles. The van der Waals surface area contributed by atoms with Crippen molar-refractivity contribution in [3.8, 4) is 0 Å². The molecule has 0 spiro atoms. The van der Waals surface area contributed by atoms with Crippen LogP contribution in [-0.4, -0.2) is 22.5 Å². The molecule has 25 heavy (non-hydrogen) atoms. The van der Waals surface area contributed by atoms with Crippen molar-refractivity contribution in [1.29, 1.82) is 0 Å². The smallest absolute Gasteiger partial charge is 0.317 e. The maximum Gasteiger partial charge on any atom is 0.322 e. The molecule has 4 nitrogen and oxygen atoms in total. The number of carbonyl (C=O) groups is 1. The Bertz CT molecular complexity index is 922. The number of fused-ring (bicyclic) bond motifs is 1. The van der Waals surface area contributed by atoms with Crippen molar-refractivity contribution in [1.82, 2.24) is 9.88 Å². The van der Waals surface area contributed by atoms with E-state index in [4.69, 9.17) is 0 Å². The minimum absolute atomic E-state index is 0.0529. The summed E-state index contributed by atoms with van der Waals surface area (Å²) in [5, 5.41) is 4.04. The lowest BCUT2D eigenvalue weighted by atomic mass is 9.99. The Kier molecular flexibility index (Phi) is 4.10. The number of urea groups is 1. The summed E-state index contributed by atoms with van der Waals surface area (Å²) < 4.78 is 0. The third-order valence-corrected chi connectivity index (χ3v) is 4.90. The summed E-state index contributed by atoms with van der Waals surface area (Å²) in [6.45, 7) is 2.89. The number of likely N-dealkylation sites (tertiary alicyclic amines) is 1. The van der Waals surface area contributed by atoms with Gasteiger partial charge in [-0.2, -0.15) is 0 Å². The molecule has 4 heteroatoms. The van der Waals surface area contributed by atoms with Gasteiger partial charge in [0.1, 0.15) is 0 Å². The van der Waals surface area contributed by atoms with Gasteiger partial charge in [-0.3, -0.25) is 4.98 Å². The molecule has 1 aliphatic rings. The van der Waals surface area contributed by atoms with Crippen LogP contribution in [-0.2, 0) is 0 Å². The molecule has 2 heterocycles. The maximum atomic E-state index is 12.8. The summed E-state index contributed by atoms with van der Waals surface area (Å²) >= 11 is 0. The summed E-state index contributed by atoms with van der Waals surface area (Å²) in [5.74, 6) is 0. The summed E-state index contributed by atoms with van der Waals surface area (Å²) in [4.78, 5) is 19.2. The van der Waals surface area contributed by atoms with Gasteiger partial charge in [0.25, 0.3) is 0 Å². The summed E-state index contributed by atoms with van der Waals surface area (Å²) in [6, 6.07) is 18.3. The zero-order chi connectivity index (χ0) is 17.2. The molecule has 0 aliphatic carbocycles. The predicted molar refractivity (Wildman–Crippen MR) is 101 cm³/mol. The second-order valence-electron chi connectivity index (χ2n) is 6.55. The van der Waals surface area contributed by atoms with E-state index in [9.17, 15) is 4.79 Å². The van der Waals surface area contributed by atoms with Crippen LogP contribution >= 0.6 is 0 Å². The highest BCUT2D eigenvalue weighted by Crippen LogP contribution is 2.34. The largest absolute Gasteiger partial charge is 0.322 e. The molecule has 1 saturated heterocycles. The number of benzene rings is 2. The molecule has 3 aromatic rings. The molecule has 0 saturated carbocycles. The lowest BCUT2D eigenvalue weighted by molar-refractivity contribution is 0.207. The Hall–Kier alpha value is -2.88. The van der Waals surface area contributed by atoms with Gasteiger partial charge in [-0.1, -0.05) is 42.5 Å². The van der Waals surface area contributed by atoms with Crippen LogP contribution in [0.2, 0.25) is 0 Å². The number of para-hydroxylation sites is 1. The van der Waals surface area contributed by atoms with Crippen molar-refractivity contribution >= 4 is 22.6 Å². The zero-order valence-electron chi connectivity index (χ0n) is 14.3. The van der Waals surface area contributed by atoms with Crippen molar-refractivity contribution in [2.45, 2.75) is 25.8 Å². The van der Waals surface area contributed by atoms with Gasteiger partial charge in [-0.15, -0.1) is 0 Å². The second kappa shape index (κ2) is 6.55. The zero-order valence-corrected chi connectivity index (χ0v) is 14.3. The SMILES string of the molecule is Cc1ccccc1C1CCCN1C(=O)Nc1cnc2ccccc2c1. The van der Waals surface area contributed by atoms with E-state index >= 15 is 0 Å². The maximum absolute atomic E-state index is 12.8. The lowest BCUT2D eigenvalue weighted by Crippen LogP contribution is -2.34. The van der Waals surface area contributed by atoms with Crippen LogP contribution in [0, 0.1) is 6.92 Å². The van der Waals surface area contributed by atoms with Gasteiger partial charge in [-0.05, 0) is 43.0 Å². The molecule has 4 rings (SSSR count). The van der Waals surface area contributed by atoms with Crippen molar-refractivity contribution in [2.24, 2.45) is 0 Å². The molecule has 1 unspecified atom stereocenters. The fraction of sp³-hybridized carbons (Fsp3) is 0.238. The molecule has 0 bridgehead atoms. The van der Waals surface area contributed by atoms with Crippen molar-refractivity contribution < 1.29 is 4.79 Å². The number of nitrogens with one attached hydrogen (secondary N) is 1. The molecule has 1 fully saturated rings. The lowest BCUT2D eigenvalue weighted by Gasteiger charge is -2.26. The first-order valence-electron chi connectivity index (χ1n) is 8.70. The first-order valence-corrected chi connectivity index (χ1v) is 8.70. The number of hydrogen-bond donors (Lipinski definition) is 1. The van der Waals surface area contributed by atoms with Crippen LogP contribution < -0.4 is 5.32 Å². The van der Waals surface area contributed by atoms with Crippen LogP contribution in [0.4, 0.5) is 10.5 Å². The van der Waals surface area contributed by atoms with Crippen molar-refractivity contribution in [3.63, 3.8) is 0 Å².